The molecule has 2 aromatic carbocycles. The Labute approximate surface area is 125 Å². The Morgan fingerprint density at radius 3 is 2.52 bits per heavy atom. The van der Waals surface area contributed by atoms with E-state index in [2.05, 4.69) is 31.2 Å². The number of benzene rings is 2. The second kappa shape index (κ2) is 6.10. The van der Waals surface area contributed by atoms with E-state index >= 15 is 0 Å². The predicted molar refractivity (Wildman–Crippen MR) is 82.2 cm³/mol. The molecule has 1 aliphatic heterocycles. The molecule has 0 aliphatic carbocycles. The number of ether oxygens (including phenoxy) is 1. The van der Waals surface area contributed by atoms with Gasteiger partial charge < -0.3 is 9.64 Å². The number of nitrogens with zero attached hydrogens (tertiary/aromatic N) is 1. The predicted octanol–water partition coefficient (Wildman–Crippen LogP) is 3.21. The van der Waals surface area contributed by atoms with Crippen LogP contribution in [0.1, 0.15) is 27.6 Å². The summed E-state index contributed by atoms with van der Waals surface area (Å²) in [5, 5.41) is 0. The Kier molecular flexibility index (Phi) is 4.02. The average Bonchev–Trinajstić information content (AvgIpc) is 2.56. The third-order valence-electron chi connectivity index (χ3n) is 3.82. The van der Waals surface area contributed by atoms with Crippen LogP contribution >= 0.6 is 0 Å². The number of amides is 1. The van der Waals surface area contributed by atoms with Crippen LogP contribution in [0.15, 0.2) is 54.6 Å². The molecule has 0 spiro atoms. The van der Waals surface area contributed by atoms with Crippen molar-refractivity contribution in [3.63, 3.8) is 0 Å². The SMILES string of the molecule is Cc1ccc(C2CN(C(=O)c3ccccc3)CCO2)cc1. The molecule has 1 heterocycles. The summed E-state index contributed by atoms with van der Waals surface area (Å²) in [6, 6.07) is 17.7. The fraction of sp³-hybridized carbons (Fsp3) is 0.278. The van der Waals surface area contributed by atoms with Gasteiger partial charge in [0.05, 0.1) is 13.2 Å². The summed E-state index contributed by atoms with van der Waals surface area (Å²) in [7, 11) is 0. The molecule has 0 N–H and O–H groups in total. The van der Waals surface area contributed by atoms with Crippen molar-refractivity contribution in [2.45, 2.75) is 13.0 Å². The zero-order valence-electron chi connectivity index (χ0n) is 12.2. The number of carbonyl (C=O) groups is 1. The largest absolute Gasteiger partial charge is 0.370 e. The third-order valence-corrected chi connectivity index (χ3v) is 3.82. The molecule has 1 saturated heterocycles. The van der Waals surface area contributed by atoms with E-state index in [1.807, 2.05) is 35.2 Å². The molecule has 3 heteroatoms. The Morgan fingerprint density at radius 2 is 1.81 bits per heavy atom. The minimum atomic E-state index is -0.0352. The lowest BCUT2D eigenvalue weighted by Gasteiger charge is -2.33. The van der Waals surface area contributed by atoms with Crippen LogP contribution in [0.3, 0.4) is 0 Å². The lowest BCUT2D eigenvalue weighted by atomic mass is 10.1. The van der Waals surface area contributed by atoms with Crippen molar-refractivity contribution < 1.29 is 9.53 Å². The summed E-state index contributed by atoms with van der Waals surface area (Å²) in [6.07, 6.45) is -0.0352. The van der Waals surface area contributed by atoms with E-state index in [9.17, 15) is 4.79 Å². The topological polar surface area (TPSA) is 29.5 Å². The minimum Gasteiger partial charge on any atom is -0.370 e. The van der Waals surface area contributed by atoms with E-state index in [4.69, 9.17) is 4.74 Å². The number of rotatable bonds is 2. The first-order chi connectivity index (χ1) is 10.2. The molecule has 0 saturated carbocycles. The van der Waals surface area contributed by atoms with Gasteiger partial charge in [0.25, 0.3) is 5.91 Å². The van der Waals surface area contributed by atoms with Crippen molar-refractivity contribution in [3.8, 4) is 0 Å². The van der Waals surface area contributed by atoms with Crippen molar-refractivity contribution in [2.24, 2.45) is 0 Å². The second-order valence-corrected chi connectivity index (χ2v) is 5.39. The zero-order valence-corrected chi connectivity index (χ0v) is 12.2. The van der Waals surface area contributed by atoms with Gasteiger partial charge in [-0.1, -0.05) is 48.0 Å². The van der Waals surface area contributed by atoms with Crippen LogP contribution in [0, 0.1) is 6.92 Å². The maximum atomic E-state index is 12.5. The Morgan fingerprint density at radius 1 is 1.10 bits per heavy atom. The Bertz CT molecular complexity index is 607. The first-order valence-electron chi connectivity index (χ1n) is 7.26. The first kappa shape index (κ1) is 13.8. The van der Waals surface area contributed by atoms with Crippen molar-refractivity contribution in [3.05, 3.63) is 71.3 Å². The van der Waals surface area contributed by atoms with E-state index in [-0.39, 0.29) is 12.0 Å². The fourth-order valence-corrected chi connectivity index (χ4v) is 2.58. The van der Waals surface area contributed by atoms with Crippen LogP contribution in [0.2, 0.25) is 0 Å². The number of aryl methyl sites for hydroxylation is 1. The summed E-state index contributed by atoms with van der Waals surface area (Å²) >= 11 is 0. The summed E-state index contributed by atoms with van der Waals surface area (Å²) in [5.74, 6) is 0.0796. The number of hydrogen-bond donors (Lipinski definition) is 0. The van der Waals surface area contributed by atoms with Crippen molar-refractivity contribution in [2.75, 3.05) is 19.7 Å². The quantitative estimate of drug-likeness (QED) is 0.846. The molecule has 108 valence electrons. The molecular formula is C18H19NO2. The number of morpholine rings is 1. The summed E-state index contributed by atoms with van der Waals surface area (Å²) < 4.78 is 5.83. The van der Waals surface area contributed by atoms with Gasteiger partial charge >= 0.3 is 0 Å². The molecule has 2 aromatic rings. The van der Waals surface area contributed by atoms with Gasteiger partial charge in [0.2, 0.25) is 0 Å². The lowest BCUT2D eigenvalue weighted by Crippen LogP contribution is -2.42. The van der Waals surface area contributed by atoms with Crippen LogP contribution in [-0.4, -0.2) is 30.5 Å². The molecule has 1 aliphatic rings. The third kappa shape index (κ3) is 3.14. The molecule has 1 amide bonds. The molecule has 0 radical (unpaired) electrons. The van der Waals surface area contributed by atoms with Crippen LogP contribution < -0.4 is 0 Å². The summed E-state index contributed by atoms with van der Waals surface area (Å²) in [4.78, 5) is 14.4. The highest BCUT2D eigenvalue weighted by Crippen LogP contribution is 2.23. The fourth-order valence-electron chi connectivity index (χ4n) is 2.58. The normalized spacial score (nSPS) is 18.5. The van der Waals surface area contributed by atoms with E-state index in [0.717, 1.165) is 11.1 Å². The monoisotopic (exact) mass is 281 g/mol. The van der Waals surface area contributed by atoms with Crippen molar-refractivity contribution in [1.29, 1.82) is 0 Å². The van der Waals surface area contributed by atoms with Crippen molar-refractivity contribution in [1.82, 2.24) is 4.90 Å². The van der Waals surface area contributed by atoms with Gasteiger partial charge in [-0.3, -0.25) is 4.79 Å². The van der Waals surface area contributed by atoms with Gasteiger partial charge in [-0.25, -0.2) is 0 Å². The number of hydrogen-bond acceptors (Lipinski definition) is 2. The maximum Gasteiger partial charge on any atom is 0.254 e. The average molecular weight is 281 g/mol. The second-order valence-electron chi connectivity index (χ2n) is 5.39. The molecule has 3 rings (SSSR count). The minimum absolute atomic E-state index is 0.0352. The maximum absolute atomic E-state index is 12.5. The van der Waals surface area contributed by atoms with Gasteiger partial charge in [0.15, 0.2) is 0 Å². The Hall–Kier alpha value is -2.13. The smallest absolute Gasteiger partial charge is 0.254 e. The van der Waals surface area contributed by atoms with Crippen LogP contribution in [-0.2, 0) is 4.74 Å². The molecule has 3 nitrogen and oxygen atoms in total. The van der Waals surface area contributed by atoms with E-state index in [1.165, 1.54) is 5.56 Å². The van der Waals surface area contributed by atoms with Crippen LogP contribution in [0.5, 0.6) is 0 Å². The van der Waals surface area contributed by atoms with Gasteiger partial charge in [0.1, 0.15) is 6.10 Å². The molecule has 0 bridgehead atoms. The van der Waals surface area contributed by atoms with E-state index in [0.29, 0.717) is 19.7 Å². The van der Waals surface area contributed by atoms with E-state index < -0.39 is 0 Å². The molecule has 1 fully saturated rings. The summed E-state index contributed by atoms with van der Waals surface area (Å²) in [6.45, 7) is 3.90. The molecule has 1 atom stereocenters. The highest BCUT2D eigenvalue weighted by molar-refractivity contribution is 5.94. The van der Waals surface area contributed by atoms with Crippen LogP contribution in [0.25, 0.3) is 0 Å². The number of carbonyl (C=O) groups excluding carboxylic acids is 1. The molecule has 1 unspecified atom stereocenters. The summed E-state index contributed by atoms with van der Waals surface area (Å²) in [5.41, 5.74) is 3.10. The van der Waals surface area contributed by atoms with Gasteiger partial charge in [-0.2, -0.15) is 0 Å². The Balaban J connectivity index is 1.74. The standard InChI is InChI=1S/C18H19NO2/c1-14-7-9-15(10-8-14)17-13-19(11-12-21-17)18(20)16-5-3-2-4-6-16/h2-10,17H,11-13H2,1H3. The lowest BCUT2D eigenvalue weighted by molar-refractivity contribution is -0.0228. The molecule has 21 heavy (non-hydrogen) atoms. The highest BCUT2D eigenvalue weighted by Gasteiger charge is 2.25. The zero-order chi connectivity index (χ0) is 14.7. The molecular weight excluding hydrogens is 262 g/mol. The van der Waals surface area contributed by atoms with Gasteiger partial charge in [-0.05, 0) is 24.6 Å². The highest BCUT2D eigenvalue weighted by atomic mass is 16.5. The first-order valence-corrected chi connectivity index (χ1v) is 7.26. The van der Waals surface area contributed by atoms with Crippen molar-refractivity contribution >= 4 is 5.91 Å². The van der Waals surface area contributed by atoms with E-state index in [1.54, 1.807) is 0 Å². The molecule has 0 aromatic heterocycles. The van der Waals surface area contributed by atoms with Gasteiger partial charge in [0, 0.05) is 12.1 Å². The van der Waals surface area contributed by atoms with Crippen LogP contribution in [0.4, 0.5) is 0 Å². The van der Waals surface area contributed by atoms with Gasteiger partial charge in [-0.15, -0.1) is 0 Å².